The molecule has 0 saturated carbocycles. The summed E-state index contributed by atoms with van der Waals surface area (Å²) < 4.78 is 42.7. The quantitative estimate of drug-likeness (QED) is 0.708. The average Bonchev–Trinajstić information content (AvgIpc) is 3.05. The maximum atomic E-state index is 13.2. The Morgan fingerprint density at radius 3 is 2.39 bits per heavy atom. The third kappa shape index (κ3) is 5.10. The molecule has 5 nitrogen and oxygen atoms in total. The standard InChI is InChI=1S/C21H24FNO4S/c1-2-12-27-20-9-3-16(4-10-20)14-23(19-11-13-28(25,26)15-19)21(24)17-5-7-18(22)8-6-17/h3-10,19H,2,11-15H2,1H3/t19-/m1/s1. The van der Waals surface area contributed by atoms with Gasteiger partial charge in [-0.25, -0.2) is 12.8 Å². The molecule has 0 N–H and O–H groups in total. The summed E-state index contributed by atoms with van der Waals surface area (Å²) in [5.41, 5.74) is 1.22. The van der Waals surface area contributed by atoms with Gasteiger partial charge in [-0.3, -0.25) is 4.79 Å². The summed E-state index contributed by atoms with van der Waals surface area (Å²) >= 11 is 0. The fraction of sp³-hybridized carbons (Fsp3) is 0.381. The number of hydrogen-bond donors (Lipinski definition) is 0. The van der Waals surface area contributed by atoms with E-state index in [-0.39, 0.29) is 24.0 Å². The Kier molecular flexibility index (Phi) is 6.34. The first kappa shape index (κ1) is 20.3. The first-order chi connectivity index (χ1) is 13.4. The predicted octanol–water partition coefficient (Wildman–Crippen LogP) is 3.44. The van der Waals surface area contributed by atoms with Crippen molar-refractivity contribution in [2.45, 2.75) is 32.4 Å². The Morgan fingerprint density at radius 2 is 1.82 bits per heavy atom. The second-order valence-corrected chi connectivity index (χ2v) is 9.22. The van der Waals surface area contributed by atoms with E-state index < -0.39 is 21.7 Å². The van der Waals surface area contributed by atoms with Gasteiger partial charge >= 0.3 is 0 Å². The van der Waals surface area contributed by atoms with E-state index in [9.17, 15) is 17.6 Å². The summed E-state index contributed by atoms with van der Waals surface area (Å²) in [6.07, 6.45) is 1.32. The van der Waals surface area contributed by atoms with E-state index in [2.05, 4.69) is 0 Å². The molecule has 1 atom stereocenters. The maximum absolute atomic E-state index is 13.2. The highest BCUT2D eigenvalue weighted by molar-refractivity contribution is 7.91. The fourth-order valence-corrected chi connectivity index (χ4v) is 4.98. The summed E-state index contributed by atoms with van der Waals surface area (Å²) in [6.45, 7) is 2.95. The first-order valence-electron chi connectivity index (χ1n) is 9.36. The van der Waals surface area contributed by atoms with E-state index in [1.54, 1.807) is 4.90 Å². The molecule has 0 unspecified atom stereocenters. The Balaban J connectivity index is 1.82. The van der Waals surface area contributed by atoms with Crippen LogP contribution in [0.1, 0.15) is 35.7 Å². The third-order valence-electron chi connectivity index (χ3n) is 4.75. The molecule has 1 amide bonds. The van der Waals surface area contributed by atoms with Crippen LogP contribution in [0.2, 0.25) is 0 Å². The molecule has 7 heteroatoms. The molecule has 2 aromatic carbocycles. The molecule has 1 heterocycles. The lowest BCUT2D eigenvalue weighted by atomic mass is 10.1. The molecule has 2 aromatic rings. The largest absolute Gasteiger partial charge is 0.494 e. The first-order valence-corrected chi connectivity index (χ1v) is 11.2. The molecule has 0 bridgehead atoms. The fourth-order valence-electron chi connectivity index (χ4n) is 3.25. The topological polar surface area (TPSA) is 63.7 Å². The van der Waals surface area contributed by atoms with Gasteiger partial charge in [-0.1, -0.05) is 19.1 Å². The number of benzene rings is 2. The molecular weight excluding hydrogens is 381 g/mol. The molecule has 1 aliphatic heterocycles. The van der Waals surface area contributed by atoms with Gasteiger partial charge in [0, 0.05) is 18.2 Å². The van der Waals surface area contributed by atoms with E-state index >= 15 is 0 Å². The van der Waals surface area contributed by atoms with Gasteiger partial charge in [0.2, 0.25) is 0 Å². The Labute approximate surface area is 165 Å². The monoisotopic (exact) mass is 405 g/mol. The Bertz CT molecular complexity index is 910. The van der Waals surface area contributed by atoms with Crippen molar-refractivity contribution in [2.24, 2.45) is 0 Å². The Morgan fingerprint density at radius 1 is 1.14 bits per heavy atom. The lowest BCUT2D eigenvalue weighted by Crippen LogP contribution is -2.40. The molecule has 0 spiro atoms. The van der Waals surface area contributed by atoms with Crippen molar-refractivity contribution < 1.29 is 22.3 Å². The molecule has 1 aliphatic rings. The number of amides is 1. The maximum Gasteiger partial charge on any atom is 0.254 e. The summed E-state index contributed by atoms with van der Waals surface area (Å²) in [5.74, 6) is 0.0693. The second-order valence-electron chi connectivity index (χ2n) is 6.99. The van der Waals surface area contributed by atoms with Gasteiger partial charge in [-0.05, 0) is 54.8 Å². The number of ether oxygens (including phenoxy) is 1. The SMILES string of the molecule is CCCOc1ccc(CN(C(=O)c2ccc(F)cc2)[C@@H]2CCS(=O)(=O)C2)cc1. The summed E-state index contributed by atoms with van der Waals surface area (Å²) in [6, 6.07) is 12.4. The van der Waals surface area contributed by atoms with E-state index in [0.717, 1.165) is 17.7 Å². The van der Waals surface area contributed by atoms with E-state index in [1.807, 2.05) is 31.2 Å². The van der Waals surface area contributed by atoms with Crippen LogP contribution in [0.3, 0.4) is 0 Å². The summed E-state index contributed by atoms with van der Waals surface area (Å²) in [5, 5.41) is 0. The van der Waals surface area contributed by atoms with Gasteiger partial charge < -0.3 is 9.64 Å². The van der Waals surface area contributed by atoms with Crippen LogP contribution in [0, 0.1) is 5.82 Å². The van der Waals surface area contributed by atoms with E-state index in [1.165, 1.54) is 24.3 Å². The molecule has 0 radical (unpaired) electrons. The molecule has 0 aliphatic carbocycles. The van der Waals surface area contributed by atoms with Crippen LogP contribution in [-0.2, 0) is 16.4 Å². The zero-order chi connectivity index (χ0) is 20.1. The number of rotatable bonds is 7. The number of hydrogen-bond acceptors (Lipinski definition) is 4. The lowest BCUT2D eigenvalue weighted by molar-refractivity contribution is 0.0681. The summed E-state index contributed by atoms with van der Waals surface area (Å²) in [7, 11) is -3.15. The van der Waals surface area contributed by atoms with Crippen molar-refractivity contribution in [1.82, 2.24) is 4.90 Å². The van der Waals surface area contributed by atoms with Crippen molar-refractivity contribution in [3.8, 4) is 5.75 Å². The van der Waals surface area contributed by atoms with Gasteiger partial charge in [0.1, 0.15) is 11.6 Å². The number of nitrogens with zero attached hydrogens (tertiary/aromatic N) is 1. The second kappa shape index (κ2) is 8.73. The van der Waals surface area contributed by atoms with Crippen molar-refractivity contribution in [3.63, 3.8) is 0 Å². The minimum absolute atomic E-state index is 0.0440. The van der Waals surface area contributed by atoms with Crippen LogP contribution in [0.25, 0.3) is 0 Å². The van der Waals surface area contributed by atoms with Crippen LogP contribution in [-0.4, -0.2) is 43.4 Å². The van der Waals surface area contributed by atoms with Gasteiger partial charge in [-0.15, -0.1) is 0 Å². The minimum Gasteiger partial charge on any atom is -0.494 e. The molecule has 1 fully saturated rings. The van der Waals surface area contributed by atoms with Crippen molar-refractivity contribution in [1.29, 1.82) is 0 Å². The molecule has 0 aromatic heterocycles. The highest BCUT2D eigenvalue weighted by Gasteiger charge is 2.35. The highest BCUT2D eigenvalue weighted by Crippen LogP contribution is 2.23. The minimum atomic E-state index is -3.15. The Hall–Kier alpha value is -2.41. The van der Waals surface area contributed by atoms with Crippen LogP contribution in [0.15, 0.2) is 48.5 Å². The van der Waals surface area contributed by atoms with Crippen LogP contribution in [0.5, 0.6) is 5.75 Å². The third-order valence-corrected chi connectivity index (χ3v) is 6.50. The number of carbonyl (C=O) groups is 1. The lowest BCUT2D eigenvalue weighted by Gasteiger charge is -2.28. The predicted molar refractivity (Wildman–Crippen MR) is 106 cm³/mol. The van der Waals surface area contributed by atoms with E-state index in [0.29, 0.717) is 18.6 Å². The average molecular weight is 405 g/mol. The van der Waals surface area contributed by atoms with Crippen LogP contribution < -0.4 is 4.74 Å². The number of halogens is 1. The van der Waals surface area contributed by atoms with Crippen molar-refractivity contribution >= 4 is 15.7 Å². The zero-order valence-corrected chi connectivity index (χ0v) is 16.6. The van der Waals surface area contributed by atoms with Gasteiger partial charge in [0.25, 0.3) is 5.91 Å². The number of sulfone groups is 1. The van der Waals surface area contributed by atoms with E-state index in [4.69, 9.17) is 4.74 Å². The molecular formula is C21H24FNO4S. The van der Waals surface area contributed by atoms with Gasteiger partial charge in [0.05, 0.1) is 18.1 Å². The van der Waals surface area contributed by atoms with Crippen molar-refractivity contribution in [2.75, 3.05) is 18.1 Å². The molecule has 28 heavy (non-hydrogen) atoms. The molecule has 3 rings (SSSR count). The molecule has 1 saturated heterocycles. The molecule has 150 valence electrons. The van der Waals surface area contributed by atoms with Gasteiger partial charge in [0.15, 0.2) is 9.84 Å². The highest BCUT2D eigenvalue weighted by atomic mass is 32.2. The number of carbonyl (C=O) groups excluding carboxylic acids is 1. The smallest absolute Gasteiger partial charge is 0.254 e. The normalized spacial score (nSPS) is 18.0. The zero-order valence-electron chi connectivity index (χ0n) is 15.8. The summed E-state index contributed by atoms with van der Waals surface area (Å²) in [4.78, 5) is 14.6. The van der Waals surface area contributed by atoms with Crippen molar-refractivity contribution in [3.05, 3.63) is 65.5 Å². The van der Waals surface area contributed by atoms with Gasteiger partial charge in [-0.2, -0.15) is 0 Å². The van der Waals surface area contributed by atoms with Crippen LogP contribution >= 0.6 is 0 Å². The van der Waals surface area contributed by atoms with Crippen LogP contribution in [0.4, 0.5) is 4.39 Å².